The summed E-state index contributed by atoms with van der Waals surface area (Å²) in [6.45, 7) is 3.37. The van der Waals surface area contributed by atoms with Crippen LogP contribution in [0.4, 0.5) is 4.39 Å². The highest BCUT2D eigenvalue weighted by atomic mass is 35.5. The van der Waals surface area contributed by atoms with Crippen molar-refractivity contribution in [1.29, 1.82) is 0 Å². The second-order valence-corrected chi connectivity index (χ2v) is 10.6. The second-order valence-electron chi connectivity index (χ2n) is 8.62. The third-order valence-electron chi connectivity index (χ3n) is 5.62. The predicted octanol–water partition coefficient (Wildman–Crippen LogP) is 4.27. The Kier molecular flexibility index (Phi) is 9.61. The first-order valence-corrected chi connectivity index (χ1v) is 13.4. The highest BCUT2D eigenvalue weighted by Crippen LogP contribution is 2.42. The molecule has 5 atom stereocenters. The molecule has 0 aliphatic carbocycles. The normalized spacial score (nSPS) is 22.4. The van der Waals surface area contributed by atoms with E-state index in [0.29, 0.717) is 20.6 Å². The lowest BCUT2D eigenvalue weighted by Crippen LogP contribution is -2.57. The summed E-state index contributed by atoms with van der Waals surface area (Å²) >= 11 is 13.4. The zero-order valence-corrected chi connectivity index (χ0v) is 23.7. The van der Waals surface area contributed by atoms with Crippen LogP contribution in [-0.4, -0.2) is 68.2 Å². The predicted molar refractivity (Wildman–Crippen MR) is 141 cm³/mol. The zero-order valence-electron chi connectivity index (χ0n) is 21.3. The van der Waals surface area contributed by atoms with Gasteiger partial charge in [-0.2, -0.15) is 0 Å². The van der Waals surface area contributed by atoms with E-state index in [1.807, 2.05) is 0 Å². The number of carbonyl (C=O) groups is 3. The fraction of sp³-hybridized carbons (Fsp3) is 0.360. The molecule has 3 heterocycles. The van der Waals surface area contributed by atoms with Gasteiger partial charge in [0.05, 0.1) is 28.1 Å². The number of aromatic nitrogens is 4. The van der Waals surface area contributed by atoms with Gasteiger partial charge in [0.1, 0.15) is 35.7 Å². The van der Waals surface area contributed by atoms with Crippen LogP contribution in [0, 0.1) is 5.82 Å². The van der Waals surface area contributed by atoms with E-state index in [1.165, 1.54) is 43.8 Å². The van der Waals surface area contributed by atoms with Crippen LogP contribution in [0.3, 0.4) is 0 Å². The van der Waals surface area contributed by atoms with Crippen molar-refractivity contribution in [2.45, 2.75) is 55.5 Å². The average Bonchev–Trinajstić information content (AvgIpc) is 3.36. The van der Waals surface area contributed by atoms with Crippen molar-refractivity contribution in [3.8, 4) is 11.4 Å². The van der Waals surface area contributed by atoms with Crippen LogP contribution in [0.1, 0.15) is 26.8 Å². The molecule has 0 amide bonds. The minimum atomic E-state index is -1.14. The largest absolute Gasteiger partial charge is 0.463 e. The minimum Gasteiger partial charge on any atom is -0.463 e. The van der Waals surface area contributed by atoms with E-state index in [4.69, 9.17) is 42.1 Å². The fourth-order valence-electron chi connectivity index (χ4n) is 4.03. The van der Waals surface area contributed by atoms with Crippen molar-refractivity contribution in [2.24, 2.45) is 0 Å². The van der Waals surface area contributed by atoms with E-state index in [-0.39, 0.29) is 12.3 Å². The number of benzene rings is 1. The maximum absolute atomic E-state index is 13.4. The van der Waals surface area contributed by atoms with Crippen LogP contribution < -0.4 is 0 Å². The Labute approximate surface area is 242 Å². The molecule has 15 heteroatoms. The molecule has 1 aliphatic rings. The Hall–Kier alpha value is -3.26. The fourth-order valence-corrected chi connectivity index (χ4v) is 5.54. The number of rotatable bonds is 8. The molecular formula is C25H23Cl2FN4O7S. The van der Waals surface area contributed by atoms with Crippen molar-refractivity contribution in [3.63, 3.8) is 0 Å². The number of ether oxygens (including phenoxy) is 4. The third-order valence-corrected chi connectivity index (χ3v) is 7.50. The van der Waals surface area contributed by atoms with E-state index in [1.54, 1.807) is 18.2 Å². The van der Waals surface area contributed by atoms with E-state index in [2.05, 4.69) is 15.3 Å². The third kappa shape index (κ3) is 7.27. The summed E-state index contributed by atoms with van der Waals surface area (Å²) in [5, 5.41) is 8.96. The molecule has 1 saturated heterocycles. The van der Waals surface area contributed by atoms with Crippen molar-refractivity contribution in [1.82, 2.24) is 20.0 Å². The maximum atomic E-state index is 13.4. The van der Waals surface area contributed by atoms with Gasteiger partial charge in [0, 0.05) is 25.7 Å². The van der Waals surface area contributed by atoms with Gasteiger partial charge in [-0.1, -0.05) is 40.2 Å². The monoisotopic (exact) mass is 612 g/mol. The molecular weight excluding hydrogens is 590 g/mol. The van der Waals surface area contributed by atoms with Gasteiger partial charge >= 0.3 is 17.9 Å². The van der Waals surface area contributed by atoms with Crippen LogP contribution >= 0.6 is 35.0 Å². The molecule has 0 radical (unpaired) electrons. The van der Waals surface area contributed by atoms with Gasteiger partial charge in [0.25, 0.3) is 0 Å². The Morgan fingerprint density at radius 3 is 2.35 bits per heavy atom. The number of hydrogen-bond donors (Lipinski definition) is 0. The molecule has 1 aliphatic heterocycles. The van der Waals surface area contributed by atoms with Gasteiger partial charge in [-0.25, -0.2) is 9.07 Å². The van der Waals surface area contributed by atoms with E-state index >= 15 is 0 Å². The summed E-state index contributed by atoms with van der Waals surface area (Å²) in [5.74, 6) is -2.41. The summed E-state index contributed by atoms with van der Waals surface area (Å²) in [5.41, 5.74) is -0.319. The molecule has 0 bridgehead atoms. The van der Waals surface area contributed by atoms with Gasteiger partial charge in [-0.3, -0.25) is 19.4 Å². The Morgan fingerprint density at radius 1 is 1.00 bits per heavy atom. The molecule has 4 rings (SSSR count). The summed E-state index contributed by atoms with van der Waals surface area (Å²) < 4.78 is 37.6. The van der Waals surface area contributed by atoms with E-state index in [0.717, 1.165) is 18.0 Å². The van der Waals surface area contributed by atoms with Gasteiger partial charge in [0.15, 0.2) is 12.2 Å². The summed E-state index contributed by atoms with van der Waals surface area (Å²) in [6.07, 6.45) is -0.701. The first-order valence-electron chi connectivity index (χ1n) is 11.8. The van der Waals surface area contributed by atoms with Crippen molar-refractivity contribution in [3.05, 3.63) is 58.6 Å². The molecule has 3 aromatic rings. The van der Waals surface area contributed by atoms with Crippen LogP contribution in [0.15, 0.2) is 47.6 Å². The molecule has 11 nitrogen and oxygen atoms in total. The highest BCUT2D eigenvalue weighted by Gasteiger charge is 2.52. The molecule has 40 heavy (non-hydrogen) atoms. The number of halogens is 3. The number of carbonyl (C=O) groups excluding carboxylic acids is 3. The molecule has 0 saturated carbocycles. The molecule has 0 spiro atoms. The van der Waals surface area contributed by atoms with Crippen LogP contribution in [0.25, 0.3) is 11.4 Å². The molecule has 1 aromatic carbocycles. The molecule has 5 unspecified atom stereocenters. The van der Waals surface area contributed by atoms with Gasteiger partial charge in [-0.15, -0.1) is 5.10 Å². The standard InChI is InChI=1S/C25H23Cl2FN4O7S/c1-12(33)36-11-21-23(37-13(2)34)22(32-10-20(30-31-32)19-7-4-15(28)9-29-19)24(38-14(3)35)25(39-21)40-16-5-6-17(26)18(27)8-16/h4-10,21-25H,11H2,1-3H3. The second kappa shape index (κ2) is 12.9. The van der Waals surface area contributed by atoms with Crippen molar-refractivity contribution < 1.29 is 37.7 Å². The number of hydrogen-bond acceptors (Lipinski definition) is 11. The van der Waals surface area contributed by atoms with E-state index < -0.39 is 53.5 Å². The Bertz CT molecular complexity index is 1390. The minimum absolute atomic E-state index is 0.278. The van der Waals surface area contributed by atoms with E-state index in [9.17, 15) is 18.8 Å². The lowest BCUT2D eigenvalue weighted by Gasteiger charge is -2.44. The number of thioether (sulfide) groups is 1. The molecule has 212 valence electrons. The van der Waals surface area contributed by atoms with Crippen LogP contribution in [0.5, 0.6) is 0 Å². The van der Waals surface area contributed by atoms with Crippen LogP contribution in [0.2, 0.25) is 10.0 Å². The quantitative estimate of drug-likeness (QED) is 0.267. The lowest BCUT2D eigenvalue weighted by molar-refractivity contribution is -0.212. The first-order chi connectivity index (χ1) is 19.0. The first kappa shape index (κ1) is 29.7. The van der Waals surface area contributed by atoms with Crippen LogP contribution in [-0.2, 0) is 33.3 Å². The SMILES string of the molecule is CC(=O)OCC1OC(Sc2ccc(Cl)c(Cl)c2)C(OC(C)=O)C(n2cc(-c3ccc(F)cn3)nn2)C1OC(C)=O. The maximum Gasteiger partial charge on any atom is 0.303 e. The van der Waals surface area contributed by atoms with Gasteiger partial charge in [0.2, 0.25) is 0 Å². The summed E-state index contributed by atoms with van der Waals surface area (Å²) in [4.78, 5) is 40.8. The molecule has 0 N–H and O–H groups in total. The summed E-state index contributed by atoms with van der Waals surface area (Å²) in [7, 11) is 0. The Balaban J connectivity index is 1.79. The highest BCUT2D eigenvalue weighted by molar-refractivity contribution is 7.99. The van der Waals surface area contributed by atoms with Crippen molar-refractivity contribution in [2.75, 3.05) is 6.61 Å². The Morgan fingerprint density at radius 2 is 1.73 bits per heavy atom. The van der Waals surface area contributed by atoms with Crippen molar-refractivity contribution >= 4 is 52.9 Å². The topological polar surface area (TPSA) is 132 Å². The number of pyridine rings is 1. The zero-order chi connectivity index (χ0) is 29.0. The average molecular weight is 613 g/mol. The van der Waals surface area contributed by atoms with Gasteiger partial charge in [-0.05, 0) is 30.3 Å². The number of nitrogens with zero attached hydrogens (tertiary/aromatic N) is 4. The number of esters is 3. The van der Waals surface area contributed by atoms with Gasteiger partial charge < -0.3 is 18.9 Å². The molecule has 2 aromatic heterocycles. The molecule has 1 fully saturated rings. The lowest BCUT2D eigenvalue weighted by atomic mass is 9.96. The smallest absolute Gasteiger partial charge is 0.303 e. The summed E-state index contributed by atoms with van der Waals surface area (Å²) in [6, 6.07) is 6.57.